The maximum Gasteiger partial charge on any atom is 0.0567 e. The number of benzene rings is 1. The Labute approximate surface area is 106 Å². The van der Waals surface area contributed by atoms with E-state index in [1.807, 2.05) is 6.07 Å². The summed E-state index contributed by atoms with van der Waals surface area (Å²) < 4.78 is 0. The Morgan fingerprint density at radius 2 is 2.11 bits per heavy atom. The van der Waals surface area contributed by atoms with Crippen LogP contribution in [0.5, 0.6) is 0 Å². The zero-order chi connectivity index (χ0) is 12.5. The highest BCUT2D eigenvalue weighted by molar-refractivity contribution is 5.50. The summed E-state index contributed by atoms with van der Waals surface area (Å²) in [7, 11) is 0. The zero-order valence-corrected chi connectivity index (χ0v) is 10.0. The molecule has 0 aliphatic heterocycles. The number of hydrogen-bond acceptors (Lipinski definition) is 4. The van der Waals surface area contributed by atoms with Gasteiger partial charge in [-0.05, 0) is 23.6 Å². The van der Waals surface area contributed by atoms with Gasteiger partial charge >= 0.3 is 0 Å². The molecule has 0 radical (unpaired) electrons. The fourth-order valence-electron chi connectivity index (χ4n) is 2.69. The van der Waals surface area contributed by atoms with Gasteiger partial charge in [0.05, 0.1) is 6.04 Å². The van der Waals surface area contributed by atoms with Crippen molar-refractivity contribution in [2.24, 2.45) is 5.84 Å². The molecule has 1 aliphatic carbocycles. The van der Waals surface area contributed by atoms with Crippen molar-refractivity contribution in [2.75, 3.05) is 5.73 Å². The van der Waals surface area contributed by atoms with E-state index in [2.05, 4.69) is 34.7 Å². The molecule has 5 N–H and O–H groups in total. The number of hydrazine groups is 1. The van der Waals surface area contributed by atoms with Crippen LogP contribution >= 0.6 is 0 Å². The van der Waals surface area contributed by atoms with Crippen LogP contribution in [0.15, 0.2) is 42.7 Å². The van der Waals surface area contributed by atoms with Crippen molar-refractivity contribution in [3.8, 4) is 0 Å². The SMILES string of the molecule is NNC(c1cnccc1N)C1Cc2ccccc21. The van der Waals surface area contributed by atoms with E-state index in [9.17, 15) is 0 Å². The van der Waals surface area contributed by atoms with Gasteiger partial charge in [0.1, 0.15) is 0 Å². The van der Waals surface area contributed by atoms with Crippen LogP contribution in [0.2, 0.25) is 0 Å². The third kappa shape index (κ3) is 1.66. The average molecular weight is 240 g/mol. The fraction of sp³-hybridized carbons (Fsp3) is 0.214. The summed E-state index contributed by atoms with van der Waals surface area (Å²) >= 11 is 0. The molecule has 0 amide bonds. The first-order valence-corrected chi connectivity index (χ1v) is 6.04. The summed E-state index contributed by atoms with van der Waals surface area (Å²) in [5.41, 5.74) is 13.3. The van der Waals surface area contributed by atoms with Crippen molar-refractivity contribution < 1.29 is 0 Å². The molecule has 2 aromatic rings. The molecule has 1 aromatic heterocycles. The van der Waals surface area contributed by atoms with Gasteiger partial charge in [0.15, 0.2) is 0 Å². The standard InChI is InChI=1S/C14H16N4/c15-13-5-6-17-8-12(13)14(18-16)11-7-9-3-1-2-4-10(9)11/h1-6,8,11,14,18H,7,16H2,(H2,15,17). The quantitative estimate of drug-likeness (QED) is 0.561. The van der Waals surface area contributed by atoms with E-state index in [1.165, 1.54) is 11.1 Å². The third-order valence-corrected chi connectivity index (χ3v) is 3.70. The number of nitrogen functional groups attached to an aromatic ring is 1. The number of hydrogen-bond donors (Lipinski definition) is 3. The molecule has 0 spiro atoms. The first-order chi connectivity index (χ1) is 8.81. The average Bonchev–Trinajstić information content (AvgIpc) is 2.37. The maximum atomic E-state index is 6.00. The van der Waals surface area contributed by atoms with Crippen LogP contribution in [0.25, 0.3) is 0 Å². The first kappa shape index (κ1) is 11.2. The van der Waals surface area contributed by atoms with Crippen LogP contribution in [0.4, 0.5) is 5.69 Å². The lowest BCUT2D eigenvalue weighted by molar-refractivity contribution is 0.419. The molecule has 1 aliphatic rings. The van der Waals surface area contributed by atoms with E-state index < -0.39 is 0 Å². The minimum Gasteiger partial charge on any atom is -0.398 e. The molecular weight excluding hydrogens is 224 g/mol. The second kappa shape index (κ2) is 4.40. The number of aromatic nitrogens is 1. The van der Waals surface area contributed by atoms with Crippen LogP contribution in [0, 0.1) is 0 Å². The van der Waals surface area contributed by atoms with Crippen molar-refractivity contribution in [3.05, 3.63) is 59.4 Å². The lowest BCUT2D eigenvalue weighted by Crippen LogP contribution is -2.37. The predicted molar refractivity (Wildman–Crippen MR) is 71.6 cm³/mol. The van der Waals surface area contributed by atoms with Gasteiger partial charge in [0.2, 0.25) is 0 Å². The van der Waals surface area contributed by atoms with Crippen molar-refractivity contribution >= 4 is 5.69 Å². The molecule has 2 atom stereocenters. The van der Waals surface area contributed by atoms with E-state index in [4.69, 9.17) is 11.6 Å². The zero-order valence-electron chi connectivity index (χ0n) is 10.0. The topological polar surface area (TPSA) is 77.0 Å². The van der Waals surface area contributed by atoms with Crippen LogP contribution in [-0.4, -0.2) is 4.98 Å². The fourth-order valence-corrected chi connectivity index (χ4v) is 2.69. The molecular formula is C14H16N4. The van der Waals surface area contributed by atoms with Gasteiger partial charge < -0.3 is 5.73 Å². The molecule has 2 unspecified atom stereocenters. The number of nitrogens with zero attached hydrogens (tertiary/aromatic N) is 1. The Hall–Kier alpha value is -1.91. The van der Waals surface area contributed by atoms with E-state index in [0.717, 1.165) is 17.7 Å². The summed E-state index contributed by atoms with van der Waals surface area (Å²) in [5.74, 6) is 6.08. The largest absolute Gasteiger partial charge is 0.398 e. The summed E-state index contributed by atoms with van der Waals surface area (Å²) in [4.78, 5) is 4.14. The van der Waals surface area contributed by atoms with Crippen molar-refractivity contribution in [1.29, 1.82) is 0 Å². The van der Waals surface area contributed by atoms with E-state index in [0.29, 0.717) is 5.92 Å². The van der Waals surface area contributed by atoms with Gasteiger partial charge in [0, 0.05) is 29.6 Å². The van der Waals surface area contributed by atoms with Crippen molar-refractivity contribution in [3.63, 3.8) is 0 Å². The highest BCUT2D eigenvalue weighted by atomic mass is 15.2. The molecule has 18 heavy (non-hydrogen) atoms. The molecule has 0 fully saturated rings. The minimum absolute atomic E-state index is 0.0219. The number of anilines is 1. The number of pyridine rings is 1. The van der Waals surface area contributed by atoms with Crippen molar-refractivity contribution in [1.82, 2.24) is 10.4 Å². The van der Waals surface area contributed by atoms with Gasteiger partial charge in [-0.1, -0.05) is 24.3 Å². The molecule has 0 bridgehead atoms. The maximum absolute atomic E-state index is 6.00. The molecule has 0 saturated carbocycles. The summed E-state index contributed by atoms with van der Waals surface area (Å²) in [6.07, 6.45) is 4.52. The minimum atomic E-state index is 0.0219. The number of fused-ring (bicyclic) bond motifs is 1. The molecule has 1 heterocycles. The Morgan fingerprint density at radius 1 is 1.28 bits per heavy atom. The van der Waals surface area contributed by atoms with E-state index in [1.54, 1.807) is 12.4 Å². The van der Waals surface area contributed by atoms with Crippen LogP contribution in [0.1, 0.15) is 28.7 Å². The molecule has 92 valence electrons. The van der Waals surface area contributed by atoms with Crippen LogP contribution < -0.4 is 17.0 Å². The van der Waals surface area contributed by atoms with Gasteiger partial charge in [-0.3, -0.25) is 16.3 Å². The first-order valence-electron chi connectivity index (χ1n) is 6.04. The molecule has 0 saturated heterocycles. The predicted octanol–water partition coefficient (Wildman–Crippen LogP) is 1.51. The summed E-state index contributed by atoms with van der Waals surface area (Å²) in [6, 6.07) is 10.3. The molecule has 1 aromatic carbocycles. The van der Waals surface area contributed by atoms with Gasteiger partial charge in [-0.2, -0.15) is 0 Å². The van der Waals surface area contributed by atoms with Crippen LogP contribution in [0.3, 0.4) is 0 Å². The highest BCUT2D eigenvalue weighted by Crippen LogP contribution is 2.43. The van der Waals surface area contributed by atoms with Gasteiger partial charge in [0.25, 0.3) is 0 Å². The Kier molecular flexibility index (Phi) is 2.74. The number of rotatable bonds is 3. The molecule has 4 nitrogen and oxygen atoms in total. The lowest BCUT2D eigenvalue weighted by Gasteiger charge is -2.36. The Bertz CT molecular complexity index is 567. The van der Waals surface area contributed by atoms with E-state index >= 15 is 0 Å². The van der Waals surface area contributed by atoms with Gasteiger partial charge in [-0.15, -0.1) is 0 Å². The monoisotopic (exact) mass is 240 g/mol. The highest BCUT2D eigenvalue weighted by Gasteiger charge is 2.33. The van der Waals surface area contributed by atoms with Crippen molar-refractivity contribution in [2.45, 2.75) is 18.4 Å². The number of nitrogens with two attached hydrogens (primary N) is 2. The smallest absolute Gasteiger partial charge is 0.0567 e. The van der Waals surface area contributed by atoms with E-state index in [-0.39, 0.29) is 6.04 Å². The normalized spacial score (nSPS) is 18.8. The second-order valence-electron chi connectivity index (χ2n) is 4.66. The molecule has 3 rings (SSSR count). The number of nitrogens with one attached hydrogen (secondary N) is 1. The third-order valence-electron chi connectivity index (χ3n) is 3.70. The van der Waals surface area contributed by atoms with Gasteiger partial charge in [-0.25, -0.2) is 0 Å². The summed E-state index contributed by atoms with van der Waals surface area (Å²) in [5, 5.41) is 0. The Balaban J connectivity index is 1.95. The summed E-state index contributed by atoms with van der Waals surface area (Å²) in [6.45, 7) is 0. The molecule has 4 heteroatoms. The van der Waals surface area contributed by atoms with Crippen LogP contribution in [-0.2, 0) is 6.42 Å². The lowest BCUT2D eigenvalue weighted by atomic mass is 9.72. The Morgan fingerprint density at radius 3 is 2.83 bits per heavy atom. The second-order valence-corrected chi connectivity index (χ2v) is 4.66.